The van der Waals surface area contributed by atoms with Crippen LogP contribution in [0.5, 0.6) is 0 Å². The molecule has 0 aliphatic rings. The van der Waals surface area contributed by atoms with Crippen LogP contribution >= 0.6 is 0 Å². The number of hydrogen-bond donors (Lipinski definition) is 2. The molecule has 0 radical (unpaired) electrons. The van der Waals surface area contributed by atoms with E-state index < -0.39 is 6.10 Å². The maximum atomic E-state index is 13.3. The number of halogens is 1. The lowest BCUT2D eigenvalue weighted by Gasteiger charge is -2.09. The van der Waals surface area contributed by atoms with Gasteiger partial charge in [-0.05, 0) is 24.3 Å². The zero-order chi connectivity index (χ0) is 12.5. The number of aromatic nitrogens is 2. The third kappa shape index (κ3) is 1.76. The van der Waals surface area contributed by atoms with E-state index in [2.05, 4.69) is 9.97 Å². The van der Waals surface area contributed by atoms with Crippen molar-refractivity contribution in [3.63, 3.8) is 0 Å². The number of benzene rings is 1. The molecule has 0 saturated heterocycles. The summed E-state index contributed by atoms with van der Waals surface area (Å²) in [6.07, 6.45) is 4.13. The summed E-state index contributed by atoms with van der Waals surface area (Å²) in [5.74, 6) is -0.318. The Morgan fingerprint density at radius 3 is 2.94 bits per heavy atom. The third-order valence-electron chi connectivity index (χ3n) is 2.97. The first-order valence-electron chi connectivity index (χ1n) is 5.60. The van der Waals surface area contributed by atoms with Crippen molar-refractivity contribution < 1.29 is 9.50 Å². The number of rotatable bonds is 2. The van der Waals surface area contributed by atoms with Gasteiger partial charge in [0.1, 0.15) is 11.9 Å². The van der Waals surface area contributed by atoms with Gasteiger partial charge in [0, 0.05) is 40.6 Å². The molecule has 2 N–H and O–H groups in total. The van der Waals surface area contributed by atoms with Gasteiger partial charge in [-0.25, -0.2) is 4.39 Å². The largest absolute Gasteiger partial charge is 0.384 e. The first-order valence-corrected chi connectivity index (χ1v) is 5.60. The predicted molar refractivity (Wildman–Crippen MR) is 66.6 cm³/mol. The topological polar surface area (TPSA) is 48.9 Å². The molecular weight excluding hydrogens is 231 g/mol. The molecule has 0 bridgehead atoms. The quantitative estimate of drug-likeness (QED) is 0.726. The zero-order valence-electron chi connectivity index (χ0n) is 9.47. The molecule has 0 spiro atoms. The SMILES string of the molecule is OC(c1cccnc1)c1c[nH]c2ccc(F)cc12. The van der Waals surface area contributed by atoms with Crippen LogP contribution in [0.15, 0.2) is 48.9 Å². The minimum absolute atomic E-state index is 0.318. The Morgan fingerprint density at radius 2 is 2.17 bits per heavy atom. The van der Waals surface area contributed by atoms with E-state index in [0.29, 0.717) is 16.5 Å². The lowest BCUT2D eigenvalue weighted by atomic mass is 10.0. The van der Waals surface area contributed by atoms with Crippen LogP contribution in [0, 0.1) is 5.82 Å². The van der Waals surface area contributed by atoms with E-state index in [-0.39, 0.29) is 5.82 Å². The van der Waals surface area contributed by atoms with Gasteiger partial charge in [-0.15, -0.1) is 0 Å². The number of aliphatic hydroxyl groups is 1. The van der Waals surface area contributed by atoms with E-state index in [0.717, 1.165) is 5.52 Å². The summed E-state index contributed by atoms with van der Waals surface area (Å²) in [6, 6.07) is 8.01. The van der Waals surface area contributed by atoms with Crippen molar-refractivity contribution in [3.05, 3.63) is 65.9 Å². The summed E-state index contributed by atoms with van der Waals surface area (Å²) in [4.78, 5) is 6.99. The van der Waals surface area contributed by atoms with Gasteiger partial charge >= 0.3 is 0 Å². The highest BCUT2D eigenvalue weighted by molar-refractivity contribution is 5.84. The number of pyridine rings is 1. The first kappa shape index (κ1) is 10.9. The number of fused-ring (bicyclic) bond motifs is 1. The second-order valence-corrected chi connectivity index (χ2v) is 4.12. The van der Waals surface area contributed by atoms with Crippen molar-refractivity contribution in [1.29, 1.82) is 0 Å². The molecule has 18 heavy (non-hydrogen) atoms. The van der Waals surface area contributed by atoms with E-state index >= 15 is 0 Å². The number of H-pyrrole nitrogens is 1. The maximum Gasteiger partial charge on any atom is 0.123 e. The summed E-state index contributed by atoms with van der Waals surface area (Å²) >= 11 is 0. The second-order valence-electron chi connectivity index (χ2n) is 4.12. The van der Waals surface area contributed by atoms with Gasteiger partial charge < -0.3 is 10.1 Å². The van der Waals surface area contributed by atoms with Crippen LogP contribution < -0.4 is 0 Å². The van der Waals surface area contributed by atoms with E-state index in [4.69, 9.17) is 0 Å². The molecule has 0 aliphatic heterocycles. The van der Waals surface area contributed by atoms with Crippen molar-refractivity contribution in [1.82, 2.24) is 9.97 Å². The second kappa shape index (κ2) is 4.23. The molecule has 0 saturated carbocycles. The van der Waals surface area contributed by atoms with E-state index in [1.807, 2.05) is 0 Å². The Hall–Kier alpha value is -2.20. The number of hydrogen-bond acceptors (Lipinski definition) is 2. The molecule has 2 aromatic heterocycles. The Bertz CT molecular complexity index is 679. The van der Waals surface area contributed by atoms with E-state index in [1.54, 1.807) is 36.8 Å². The van der Waals surface area contributed by atoms with Gasteiger partial charge in [0.2, 0.25) is 0 Å². The summed E-state index contributed by atoms with van der Waals surface area (Å²) in [5.41, 5.74) is 2.13. The smallest absolute Gasteiger partial charge is 0.123 e. The van der Waals surface area contributed by atoms with Gasteiger partial charge in [-0.2, -0.15) is 0 Å². The highest BCUT2D eigenvalue weighted by Crippen LogP contribution is 2.28. The Kier molecular flexibility index (Phi) is 2.57. The van der Waals surface area contributed by atoms with Crippen molar-refractivity contribution in [3.8, 4) is 0 Å². The fraction of sp³-hybridized carbons (Fsp3) is 0.0714. The normalized spacial score (nSPS) is 12.8. The molecule has 1 unspecified atom stereocenters. The summed E-state index contributed by atoms with van der Waals surface area (Å²) < 4.78 is 13.3. The van der Waals surface area contributed by atoms with E-state index in [1.165, 1.54) is 12.1 Å². The molecule has 1 aromatic carbocycles. The van der Waals surface area contributed by atoms with Gasteiger partial charge in [0.05, 0.1) is 0 Å². The number of nitrogens with one attached hydrogen (secondary N) is 1. The van der Waals surface area contributed by atoms with Crippen LogP contribution in [0.2, 0.25) is 0 Å². The minimum Gasteiger partial charge on any atom is -0.384 e. The third-order valence-corrected chi connectivity index (χ3v) is 2.97. The van der Waals surface area contributed by atoms with Crippen molar-refractivity contribution >= 4 is 10.9 Å². The van der Waals surface area contributed by atoms with Gasteiger partial charge in [0.15, 0.2) is 0 Å². The highest BCUT2D eigenvalue weighted by Gasteiger charge is 2.15. The fourth-order valence-electron chi connectivity index (χ4n) is 2.06. The summed E-state index contributed by atoms with van der Waals surface area (Å²) in [5, 5.41) is 11.0. The number of aliphatic hydroxyl groups excluding tert-OH is 1. The lowest BCUT2D eigenvalue weighted by molar-refractivity contribution is 0.221. The molecule has 3 nitrogen and oxygen atoms in total. The molecule has 3 aromatic rings. The average Bonchev–Trinajstić information content (AvgIpc) is 2.82. The molecule has 4 heteroatoms. The fourth-order valence-corrected chi connectivity index (χ4v) is 2.06. The van der Waals surface area contributed by atoms with Crippen LogP contribution in [-0.2, 0) is 0 Å². The van der Waals surface area contributed by atoms with Crippen LogP contribution in [0.25, 0.3) is 10.9 Å². The predicted octanol–water partition coefficient (Wildman–Crippen LogP) is 2.78. The first-order chi connectivity index (χ1) is 8.75. The monoisotopic (exact) mass is 242 g/mol. The molecule has 90 valence electrons. The standard InChI is InChI=1S/C14H11FN2O/c15-10-3-4-13-11(6-10)12(8-17-13)14(18)9-2-1-5-16-7-9/h1-8,14,17-18H. The molecule has 3 rings (SSSR count). The minimum atomic E-state index is -0.811. The van der Waals surface area contributed by atoms with Crippen LogP contribution in [-0.4, -0.2) is 15.1 Å². The highest BCUT2D eigenvalue weighted by atomic mass is 19.1. The van der Waals surface area contributed by atoms with Gasteiger partial charge in [0.25, 0.3) is 0 Å². The number of nitrogens with zero attached hydrogens (tertiary/aromatic N) is 1. The molecule has 1 atom stereocenters. The summed E-state index contributed by atoms with van der Waals surface area (Å²) in [7, 11) is 0. The van der Waals surface area contributed by atoms with Gasteiger partial charge in [-0.3, -0.25) is 4.98 Å². The van der Waals surface area contributed by atoms with Crippen LogP contribution in [0.4, 0.5) is 4.39 Å². The van der Waals surface area contributed by atoms with Gasteiger partial charge in [-0.1, -0.05) is 6.07 Å². The van der Waals surface area contributed by atoms with Crippen molar-refractivity contribution in [2.45, 2.75) is 6.10 Å². The van der Waals surface area contributed by atoms with Crippen molar-refractivity contribution in [2.75, 3.05) is 0 Å². The average molecular weight is 242 g/mol. The molecule has 0 fully saturated rings. The molecule has 0 amide bonds. The molecule has 0 aliphatic carbocycles. The van der Waals surface area contributed by atoms with Crippen LogP contribution in [0.1, 0.15) is 17.2 Å². The lowest BCUT2D eigenvalue weighted by Crippen LogP contribution is -1.98. The Balaban J connectivity index is 2.12. The Morgan fingerprint density at radius 1 is 1.28 bits per heavy atom. The zero-order valence-corrected chi connectivity index (χ0v) is 9.47. The summed E-state index contributed by atoms with van der Waals surface area (Å²) in [6.45, 7) is 0. The van der Waals surface area contributed by atoms with Crippen LogP contribution in [0.3, 0.4) is 0 Å². The maximum absolute atomic E-state index is 13.3. The number of aromatic amines is 1. The molecular formula is C14H11FN2O. The molecule has 2 heterocycles. The van der Waals surface area contributed by atoms with Crippen molar-refractivity contribution in [2.24, 2.45) is 0 Å². The van der Waals surface area contributed by atoms with E-state index in [9.17, 15) is 9.50 Å². The Labute approximate surface area is 103 Å².